The summed E-state index contributed by atoms with van der Waals surface area (Å²) >= 11 is 0. The van der Waals surface area contributed by atoms with Crippen molar-refractivity contribution in [3.63, 3.8) is 0 Å². The quantitative estimate of drug-likeness (QED) is 0.753. The molecule has 0 amide bonds. The van der Waals surface area contributed by atoms with Gasteiger partial charge in [-0.05, 0) is 36.2 Å². The fourth-order valence-electron chi connectivity index (χ4n) is 2.35. The maximum Gasteiger partial charge on any atom is 0.255 e. The van der Waals surface area contributed by atoms with E-state index < -0.39 is 0 Å². The van der Waals surface area contributed by atoms with E-state index in [4.69, 9.17) is 0 Å². The monoisotopic (exact) mass is 322 g/mol. The van der Waals surface area contributed by atoms with Crippen LogP contribution in [0.15, 0.2) is 59.7 Å². The molecule has 0 aliphatic heterocycles. The first-order valence-corrected chi connectivity index (χ1v) is 7.64. The molecule has 6 heteroatoms. The van der Waals surface area contributed by atoms with Gasteiger partial charge in [0, 0.05) is 37.6 Å². The highest BCUT2D eigenvalue weighted by Crippen LogP contribution is 2.16. The van der Waals surface area contributed by atoms with Gasteiger partial charge < -0.3 is 10.4 Å². The summed E-state index contributed by atoms with van der Waals surface area (Å²) in [5.74, 6) is 0.772. The minimum Gasteiger partial charge on any atom is -0.508 e. The Bertz CT molecular complexity index is 874. The van der Waals surface area contributed by atoms with Crippen molar-refractivity contribution in [2.24, 2.45) is 7.05 Å². The molecule has 0 aliphatic rings. The van der Waals surface area contributed by atoms with E-state index in [-0.39, 0.29) is 11.3 Å². The summed E-state index contributed by atoms with van der Waals surface area (Å²) < 4.78 is 1.49. The van der Waals surface area contributed by atoms with E-state index >= 15 is 0 Å². The summed E-state index contributed by atoms with van der Waals surface area (Å²) in [6.07, 6.45) is 4.11. The first-order valence-electron chi connectivity index (χ1n) is 7.64. The summed E-state index contributed by atoms with van der Waals surface area (Å²) in [4.78, 5) is 20.7. The third-order valence-corrected chi connectivity index (χ3v) is 3.74. The second kappa shape index (κ2) is 6.95. The average Bonchev–Trinajstić information content (AvgIpc) is 2.61. The van der Waals surface area contributed by atoms with Crippen LogP contribution in [0.3, 0.4) is 0 Å². The third kappa shape index (κ3) is 3.60. The van der Waals surface area contributed by atoms with Crippen LogP contribution in [0.5, 0.6) is 5.75 Å². The number of nitrogens with zero attached hydrogens (tertiary/aromatic N) is 3. The molecule has 2 aromatic heterocycles. The van der Waals surface area contributed by atoms with Crippen molar-refractivity contribution < 1.29 is 5.11 Å². The van der Waals surface area contributed by atoms with E-state index in [9.17, 15) is 9.90 Å². The van der Waals surface area contributed by atoms with Gasteiger partial charge in [-0.2, -0.15) is 0 Å². The summed E-state index contributed by atoms with van der Waals surface area (Å²) in [7, 11) is 1.69. The van der Waals surface area contributed by atoms with Crippen LogP contribution in [0, 0.1) is 0 Å². The van der Waals surface area contributed by atoms with E-state index in [1.807, 2.05) is 24.3 Å². The van der Waals surface area contributed by atoms with Crippen molar-refractivity contribution in [3.8, 4) is 17.0 Å². The highest BCUT2D eigenvalue weighted by Gasteiger charge is 2.07. The number of anilines is 1. The Balaban J connectivity index is 1.76. The van der Waals surface area contributed by atoms with E-state index in [1.54, 1.807) is 31.6 Å². The van der Waals surface area contributed by atoms with Gasteiger partial charge in [0.2, 0.25) is 5.95 Å². The van der Waals surface area contributed by atoms with Crippen molar-refractivity contribution in [1.29, 1.82) is 0 Å². The van der Waals surface area contributed by atoms with Crippen LogP contribution < -0.4 is 10.9 Å². The number of aromatic nitrogens is 3. The van der Waals surface area contributed by atoms with E-state index in [0.717, 1.165) is 17.5 Å². The first kappa shape index (κ1) is 15.7. The Morgan fingerprint density at radius 2 is 1.83 bits per heavy atom. The largest absolute Gasteiger partial charge is 0.508 e. The lowest BCUT2D eigenvalue weighted by atomic mass is 10.1. The Morgan fingerprint density at radius 3 is 2.54 bits per heavy atom. The van der Waals surface area contributed by atoms with Crippen LogP contribution in [0.4, 0.5) is 5.95 Å². The molecular formula is C18H18N4O2. The molecule has 6 nitrogen and oxygen atoms in total. The first-order chi connectivity index (χ1) is 11.6. The molecule has 1 aromatic carbocycles. The molecule has 0 saturated carbocycles. The maximum absolute atomic E-state index is 12.1. The fourth-order valence-corrected chi connectivity index (χ4v) is 2.35. The summed E-state index contributed by atoms with van der Waals surface area (Å²) in [5, 5.41) is 12.5. The van der Waals surface area contributed by atoms with E-state index in [1.165, 1.54) is 10.6 Å². The van der Waals surface area contributed by atoms with Crippen molar-refractivity contribution in [2.45, 2.75) is 6.42 Å². The molecule has 2 heterocycles. The Morgan fingerprint density at radius 1 is 1.12 bits per heavy atom. The molecular weight excluding hydrogens is 304 g/mol. The number of benzene rings is 1. The highest BCUT2D eigenvalue weighted by atomic mass is 16.3. The average molecular weight is 322 g/mol. The molecule has 24 heavy (non-hydrogen) atoms. The molecule has 122 valence electrons. The van der Waals surface area contributed by atoms with Crippen LogP contribution in [0.1, 0.15) is 5.56 Å². The molecule has 0 aliphatic carbocycles. The van der Waals surface area contributed by atoms with Crippen LogP contribution >= 0.6 is 0 Å². The number of rotatable bonds is 5. The number of pyridine rings is 1. The number of nitrogens with one attached hydrogen (secondary N) is 1. The van der Waals surface area contributed by atoms with Crippen molar-refractivity contribution in [3.05, 3.63) is 70.8 Å². The molecule has 0 spiro atoms. The van der Waals surface area contributed by atoms with Gasteiger partial charge in [-0.3, -0.25) is 14.3 Å². The molecule has 3 aromatic rings. The molecule has 3 rings (SSSR count). The van der Waals surface area contributed by atoms with Crippen molar-refractivity contribution in [2.75, 3.05) is 11.9 Å². The minimum atomic E-state index is -0.121. The highest BCUT2D eigenvalue weighted by molar-refractivity contribution is 5.59. The van der Waals surface area contributed by atoms with Crippen molar-refractivity contribution >= 4 is 5.95 Å². The SMILES string of the molecule is Cn1c(NCCc2ccc(O)cc2)nc(-c2ccncc2)cc1=O. The number of hydrogen-bond acceptors (Lipinski definition) is 5. The lowest BCUT2D eigenvalue weighted by Gasteiger charge is -2.11. The third-order valence-electron chi connectivity index (χ3n) is 3.74. The van der Waals surface area contributed by atoms with Gasteiger partial charge in [0.25, 0.3) is 5.56 Å². The summed E-state index contributed by atoms with van der Waals surface area (Å²) in [5.41, 5.74) is 2.44. The molecule has 0 atom stereocenters. The van der Waals surface area contributed by atoms with Gasteiger partial charge in [0.15, 0.2) is 0 Å². The number of phenolic OH excluding ortho intramolecular Hbond substituents is 1. The van der Waals surface area contributed by atoms with Gasteiger partial charge in [-0.25, -0.2) is 4.98 Å². The zero-order chi connectivity index (χ0) is 16.9. The molecule has 0 unspecified atom stereocenters. The predicted octanol–water partition coefficient (Wildman–Crippen LogP) is 2.20. The molecule has 0 radical (unpaired) electrons. The van der Waals surface area contributed by atoms with Crippen LogP contribution in [-0.4, -0.2) is 26.2 Å². The summed E-state index contributed by atoms with van der Waals surface area (Å²) in [6, 6.07) is 12.2. The van der Waals surface area contributed by atoms with Gasteiger partial charge in [0.05, 0.1) is 5.69 Å². The number of aromatic hydroxyl groups is 1. The number of hydrogen-bond donors (Lipinski definition) is 2. The smallest absolute Gasteiger partial charge is 0.255 e. The Hall–Kier alpha value is -3.15. The van der Waals surface area contributed by atoms with E-state index in [2.05, 4.69) is 15.3 Å². The minimum absolute atomic E-state index is 0.121. The van der Waals surface area contributed by atoms with E-state index in [0.29, 0.717) is 18.2 Å². The lowest BCUT2D eigenvalue weighted by Crippen LogP contribution is -2.22. The normalized spacial score (nSPS) is 10.5. The van der Waals surface area contributed by atoms with Gasteiger partial charge in [-0.1, -0.05) is 12.1 Å². The van der Waals surface area contributed by atoms with Crippen LogP contribution in [-0.2, 0) is 13.5 Å². The molecule has 2 N–H and O–H groups in total. The fraction of sp³-hybridized carbons (Fsp3) is 0.167. The van der Waals surface area contributed by atoms with Crippen LogP contribution in [0.25, 0.3) is 11.3 Å². The molecule has 0 saturated heterocycles. The van der Waals surface area contributed by atoms with Gasteiger partial charge in [-0.15, -0.1) is 0 Å². The standard InChI is InChI=1S/C18H18N4O2/c1-22-17(24)12-16(14-7-9-19-10-8-14)21-18(22)20-11-6-13-2-4-15(23)5-3-13/h2-5,7-10,12,23H,6,11H2,1H3,(H,20,21). The Labute approximate surface area is 139 Å². The van der Waals surface area contributed by atoms with Crippen molar-refractivity contribution in [1.82, 2.24) is 14.5 Å². The lowest BCUT2D eigenvalue weighted by molar-refractivity contribution is 0.475. The second-order valence-electron chi connectivity index (χ2n) is 5.44. The topological polar surface area (TPSA) is 80.0 Å². The van der Waals surface area contributed by atoms with Gasteiger partial charge in [0.1, 0.15) is 5.75 Å². The van der Waals surface area contributed by atoms with Crippen LogP contribution in [0.2, 0.25) is 0 Å². The zero-order valence-electron chi connectivity index (χ0n) is 13.3. The summed E-state index contributed by atoms with van der Waals surface area (Å²) in [6.45, 7) is 0.630. The van der Waals surface area contributed by atoms with Gasteiger partial charge >= 0.3 is 0 Å². The zero-order valence-corrected chi connectivity index (χ0v) is 13.3. The number of phenols is 1. The molecule has 0 fully saturated rings. The predicted molar refractivity (Wildman–Crippen MR) is 93.0 cm³/mol. The second-order valence-corrected chi connectivity index (χ2v) is 5.44. The molecule has 0 bridgehead atoms. The maximum atomic E-state index is 12.1. The Kier molecular flexibility index (Phi) is 4.56.